The third-order valence-electron chi connectivity index (χ3n) is 3.76. The number of carbonyl (C=O) groups is 2. The Morgan fingerprint density at radius 3 is 2.35 bits per heavy atom. The molecule has 0 bridgehead atoms. The number of nitrogens with one attached hydrogen (secondary N) is 2. The number of para-hydroxylation sites is 1. The molecule has 5 nitrogen and oxygen atoms in total. The monoisotopic (exact) mass is 329 g/mol. The van der Waals surface area contributed by atoms with Crippen LogP contribution in [0.1, 0.15) is 25.3 Å². The minimum atomic E-state index is -4.53. The van der Waals surface area contributed by atoms with Crippen LogP contribution in [0.3, 0.4) is 0 Å². The number of carbonyl (C=O) groups excluding carboxylic acids is 2. The van der Waals surface area contributed by atoms with Gasteiger partial charge in [0.1, 0.15) is 0 Å². The van der Waals surface area contributed by atoms with Gasteiger partial charge in [-0.2, -0.15) is 13.2 Å². The van der Waals surface area contributed by atoms with Crippen molar-refractivity contribution in [1.82, 2.24) is 10.2 Å². The Morgan fingerprint density at radius 2 is 1.78 bits per heavy atom. The lowest BCUT2D eigenvalue weighted by molar-refractivity contribution is -0.137. The minimum Gasteiger partial charge on any atom is -0.343 e. The van der Waals surface area contributed by atoms with Crippen LogP contribution in [0, 0.1) is 0 Å². The van der Waals surface area contributed by atoms with E-state index >= 15 is 0 Å². The van der Waals surface area contributed by atoms with Gasteiger partial charge in [-0.05, 0) is 25.0 Å². The summed E-state index contributed by atoms with van der Waals surface area (Å²) >= 11 is 0. The molecule has 3 amide bonds. The van der Waals surface area contributed by atoms with Gasteiger partial charge in [0.15, 0.2) is 0 Å². The van der Waals surface area contributed by atoms with Crippen molar-refractivity contribution in [3.05, 3.63) is 29.8 Å². The number of hydrogen-bond donors (Lipinski definition) is 2. The van der Waals surface area contributed by atoms with Crippen LogP contribution in [0.15, 0.2) is 24.3 Å². The number of amides is 3. The average molecular weight is 329 g/mol. The van der Waals surface area contributed by atoms with Crippen molar-refractivity contribution in [2.75, 3.05) is 18.4 Å². The van der Waals surface area contributed by atoms with Gasteiger partial charge in [0.05, 0.1) is 11.3 Å². The molecule has 23 heavy (non-hydrogen) atoms. The predicted octanol–water partition coefficient (Wildman–Crippen LogP) is 2.84. The number of rotatable bonds is 2. The second kappa shape index (κ2) is 6.89. The average Bonchev–Trinajstić information content (AvgIpc) is 2.47. The smallest absolute Gasteiger partial charge is 0.343 e. The normalized spacial score (nSPS) is 16.1. The van der Waals surface area contributed by atoms with E-state index in [-0.39, 0.29) is 17.6 Å². The summed E-state index contributed by atoms with van der Waals surface area (Å²) in [5.74, 6) is -0.0213. The zero-order valence-corrected chi connectivity index (χ0v) is 12.6. The Hall–Kier alpha value is -2.25. The van der Waals surface area contributed by atoms with Crippen molar-refractivity contribution >= 4 is 17.6 Å². The van der Waals surface area contributed by atoms with E-state index in [0.717, 1.165) is 6.07 Å². The molecule has 2 N–H and O–H groups in total. The summed E-state index contributed by atoms with van der Waals surface area (Å²) in [6.07, 6.45) is -3.38. The fraction of sp³-hybridized carbons (Fsp3) is 0.467. The molecule has 2 rings (SSSR count). The molecule has 0 atom stereocenters. The summed E-state index contributed by atoms with van der Waals surface area (Å²) in [4.78, 5) is 24.8. The zero-order valence-electron chi connectivity index (χ0n) is 12.6. The van der Waals surface area contributed by atoms with Crippen LogP contribution in [0.2, 0.25) is 0 Å². The highest BCUT2D eigenvalue weighted by Gasteiger charge is 2.33. The molecular formula is C15H18F3N3O2. The van der Waals surface area contributed by atoms with E-state index in [1.165, 1.54) is 25.1 Å². The van der Waals surface area contributed by atoms with Crippen molar-refractivity contribution in [1.29, 1.82) is 0 Å². The quantitative estimate of drug-likeness (QED) is 0.876. The molecule has 1 aromatic rings. The summed E-state index contributed by atoms with van der Waals surface area (Å²) in [6, 6.07) is 3.98. The van der Waals surface area contributed by atoms with Crippen molar-refractivity contribution in [2.24, 2.45) is 0 Å². The van der Waals surface area contributed by atoms with Crippen LogP contribution in [0.4, 0.5) is 23.7 Å². The molecule has 1 fully saturated rings. The first-order valence-electron chi connectivity index (χ1n) is 7.26. The Kier molecular flexibility index (Phi) is 5.12. The summed E-state index contributed by atoms with van der Waals surface area (Å²) < 4.78 is 38.6. The first kappa shape index (κ1) is 17.1. The maximum absolute atomic E-state index is 12.9. The fourth-order valence-electron chi connectivity index (χ4n) is 2.52. The zero-order chi connectivity index (χ0) is 17.0. The summed E-state index contributed by atoms with van der Waals surface area (Å²) in [5.41, 5.74) is -1.17. The largest absolute Gasteiger partial charge is 0.418 e. The van der Waals surface area contributed by atoms with E-state index in [4.69, 9.17) is 0 Å². The fourth-order valence-corrected chi connectivity index (χ4v) is 2.52. The molecule has 0 spiro atoms. The van der Waals surface area contributed by atoms with Crippen LogP contribution in [0.25, 0.3) is 0 Å². The van der Waals surface area contributed by atoms with Gasteiger partial charge in [0, 0.05) is 26.1 Å². The number of benzene rings is 1. The lowest BCUT2D eigenvalue weighted by Crippen LogP contribution is -2.47. The Labute approximate surface area is 131 Å². The number of hydrogen-bond acceptors (Lipinski definition) is 2. The number of piperidine rings is 1. The molecular weight excluding hydrogens is 311 g/mol. The lowest BCUT2D eigenvalue weighted by Gasteiger charge is -2.31. The maximum Gasteiger partial charge on any atom is 0.418 e. The van der Waals surface area contributed by atoms with Gasteiger partial charge in [0.2, 0.25) is 5.91 Å². The molecule has 8 heteroatoms. The molecule has 0 aliphatic carbocycles. The molecule has 1 saturated heterocycles. The Bertz CT molecular complexity index is 582. The van der Waals surface area contributed by atoms with Crippen molar-refractivity contribution in [3.8, 4) is 0 Å². The molecule has 0 radical (unpaired) electrons. The number of alkyl halides is 3. The van der Waals surface area contributed by atoms with Gasteiger partial charge in [-0.15, -0.1) is 0 Å². The molecule has 1 aromatic carbocycles. The molecule has 1 heterocycles. The Balaban J connectivity index is 1.93. The number of urea groups is 1. The first-order valence-corrected chi connectivity index (χ1v) is 7.26. The van der Waals surface area contributed by atoms with Crippen LogP contribution in [-0.4, -0.2) is 36.0 Å². The SMILES string of the molecule is CC(=O)N1CCC(NC(=O)Nc2ccccc2C(F)(F)F)CC1. The van der Waals surface area contributed by atoms with Gasteiger partial charge in [-0.25, -0.2) is 4.79 Å². The number of nitrogens with zero attached hydrogens (tertiary/aromatic N) is 1. The molecule has 1 aliphatic rings. The third kappa shape index (κ3) is 4.61. The summed E-state index contributed by atoms with van der Waals surface area (Å²) in [7, 11) is 0. The first-order chi connectivity index (χ1) is 10.8. The molecule has 126 valence electrons. The van der Waals surface area contributed by atoms with E-state index in [1.807, 2.05) is 0 Å². The van der Waals surface area contributed by atoms with Crippen molar-refractivity contribution in [3.63, 3.8) is 0 Å². The second-order valence-electron chi connectivity index (χ2n) is 5.42. The molecule has 0 saturated carbocycles. The Morgan fingerprint density at radius 1 is 1.17 bits per heavy atom. The predicted molar refractivity (Wildman–Crippen MR) is 78.9 cm³/mol. The van der Waals surface area contributed by atoms with E-state index in [9.17, 15) is 22.8 Å². The topological polar surface area (TPSA) is 61.4 Å². The van der Waals surface area contributed by atoms with Gasteiger partial charge in [-0.1, -0.05) is 12.1 Å². The molecule has 1 aliphatic heterocycles. The highest BCUT2D eigenvalue weighted by molar-refractivity contribution is 5.90. The van der Waals surface area contributed by atoms with Crippen LogP contribution >= 0.6 is 0 Å². The van der Waals surface area contributed by atoms with Crippen molar-refractivity contribution < 1.29 is 22.8 Å². The van der Waals surface area contributed by atoms with E-state index in [2.05, 4.69) is 10.6 Å². The lowest BCUT2D eigenvalue weighted by atomic mass is 10.1. The van der Waals surface area contributed by atoms with Crippen LogP contribution in [-0.2, 0) is 11.0 Å². The van der Waals surface area contributed by atoms with E-state index in [1.54, 1.807) is 4.90 Å². The number of halogens is 3. The third-order valence-corrected chi connectivity index (χ3v) is 3.76. The highest BCUT2D eigenvalue weighted by Crippen LogP contribution is 2.34. The van der Waals surface area contributed by atoms with E-state index in [0.29, 0.717) is 25.9 Å². The minimum absolute atomic E-state index is 0.0213. The molecule has 0 unspecified atom stereocenters. The number of anilines is 1. The summed E-state index contributed by atoms with van der Waals surface area (Å²) in [6.45, 7) is 2.54. The maximum atomic E-state index is 12.9. The summed E-state index contributed by atoms with van der Waals surface area (Å²) in [5, 5.41) is 4.90. The molecule has 0 aromatic heterocycles. The van der Waals surface area contributed by atoms with Crippen LogP contribution < -0.4 is 10.6 Å². The van der Waals surface area contributed by atoms with Gasteiger partial charge < -0.3 is 15.5 Å². The van der Waals surface area contributed by atoms with Gasteiger partial charge in [-0.3, -0.25) is 4.79 Å². The van der Waals surface area contributed by atoms with Crippen molar-refractivity contribution in [2.45, 2.75) is 32.0 Å². The second-order valence-corrected chi connectivity index (χ2v) is 5.42. The highest BCUT2D eigenvalue weighted by atomic mass is 19.4. The van der Waals surface area contributed by atoms with Gasteiger partial charge >= 0.3 is 12.2 Å². The standard InChI is InChI=1S/C15H18F3N3O2/c1-10(22)21-8-6-11(7-9-21)19-14(23)20-13-5-3-2-4-12(13)15(16,17)18/h2-5,11H,6-9H2,1H3,(H2,19,20,23). The van der Waals surface area contributed by atoms with E-state index < -0.39 is 17.8 Å². The van der Waals surface area contributed by atoms with Crippen LogP contribution in [0.5, 0.6) is 0 Å². The number of likely N-dealkylation sites (tertiary alicyclic amines) is 1. The van der Waals surface area contributed by atoms with Gasteiger partial charge in [0.25, 0.3) is 0 Å².